The van der Waals surface area contributed by atoms with Crippen LogP contribution >= 0.6 is 11.6 Å². The van der Waals surface area contributed by atoms with Gasteiger partial charge >= 0.3 is 5.97 Å². The zero-order valence-electron chi connectivity index (χ0n) is 17.1. The first-order valence-electron chi connectivity index (χ1n) is 10.3. The van der Waals surface area contributed by atoms with Crippen molar-refractivity contribution in [3.8, 4) is 0 Å². The first kappa shape index (κ1) is 20.0. The topological polar surface area (TPSA) is 57.5 Å². The van der Waals surface area contributed by atoms with Crippen molar-refractivity contribution < 1.29 is 19.1 Å². The quantitative estimate of drug-likeness (QED) is 0.388. The Hall–Kier alpha value is -1.33. The number of esters is 1. The highest BCUT2D eigenvalue weighted by atomic mass is 35.5. The van der Waals surface area contributed by atoms with Gasteiger partial charge in [-0.2, -0.15) is 0 Å². The van der Waals surface area contributed by atoms with Crippen molar-refractivity contribution in [1.82, 2.24) is 4.57 Å². The van der Waals surface area contributed by atoms with Crippen molar-refractivity contribution in [3.63, 3.8) is 0 Å². The Morgan fingerprint density at radius 1 is 1.21 bits per heavy atom. The molecule has 4 saturated carbocycles. The molecule has 0 spiro atoms. The maximum atomic E-state index is 13.0. The summed E-state index contributed by atoms with van der Waals surface area (Å²) in [5.74, 6) is 0.701. The summed E-state index contributed by atoms with van der Waals surface area (Å²) in [7, 11) is 1.66. The molecule has 1 aromatic rings. The summed E-state index contributed by atoms with van der Waals surface area (Å²) in [5, 5.41) is 0. The molecule has 4 fully saturated rings. The van der Waals surface area contributed by atoms with E-state index >= 15 is 0 Å². The molecule has 0 saturated heterocycles. The highest BCUT2D eigenvalue weighted by Gasteiger charge is 2.60. The van der Waals surface area contributed by atoms with Crippen LogP contribution in [0.1, 0.15) is 60.3 Å². The van der Waals surface area contributed by atoms with E-state index in [4.69, 9.17) is 21.1 Å². The van der Waals surface area contributed by atoms with Gasteiger partial charge in [-0.3, -0.25) is 9.59 Å². The summed E-state index contributed by atoms with van der Waals surface area (Å²) in [6.07, 6.45) is 5.68. The number of aryl methyl sites for hydroxylation is 1. The van der Waals surface area contributed by atoms with E-state index < -0.39 is 5.41 Å². The van der Waals surface area contributed by atoms with Gasteiger partial charge in [-0.1, -0.05) is 0 Å². The van der Waals surface area contributed by atoms with Crippen molar-refractivity contribution in [2.24, 2.45) is 17.3 Å². The molecular weight excluding hydrogens is 378 g/mol. The van der Waals surface area contributed by atoms with E-state index in [0.717, 1.165) is 37.1 Å². The molecule has 4 atom stereocenters. The van der Waals surface area contributed by atoms with Crippen LogP contribution in [-0.4, -0.2) is 41.5 Å². The van der Waals surface area contributed by atoms with Gasteiger partial charge in [-0.15, -0.1) is 11.6 Å². The maximum absolute atomic E-state index is 13.0. The van der Waals surface area contributed by atoms with Crippen LogP contribution in [0.4, 0.5) is 0 Å². The molecule has 0 amide bonds. The fourth-order valence-electron chi connectivity index (χ4n) is 6.36. The predicted octanol–water partition coefficient (Wildman–Crippen LogP) is 4.06. The summed E-state index contributed by atoms with van der Waals surface area (Å²) >= 11 is 6.82. The number of nitrogens with zero attached hydrogens (tertiary/aromatic N) is 1. The summed E-state index contributed by atoms with van der Waals surface area (Å²) < 4.78 is 12.8. The van der Waals surface area contributed by atoms with Gasteiger partial charge in [0.2, 0.25) is 5.78 Å². The number of halogens is 1. The summed E-state index contributed by atoms with van der Waals surface area (Å²) in [6, 6.07) is 1.87. The molecular formula is C22H30ClNO4. The van der Waals surface area contributed by atoms with Crippen LogP contribution in [0.3, 0.4) is 0 Å². The Balaban J connectivity index is 1.42. The van der Waals surface area contributed by atoms with E-state index in [-0.39, 0.29) is 23.2 Å². The smallest absolute Gasteiger partial charge is 0.312 e. The number of ketones is 1. The molecule has 0 aromatic carbocycles. The molecule has 4 aliphatic rings. The van der Waals surface area contributed by atoms with Gasteiger partial charge in [0, 0.05) is 35.5 Å². The number of ether oxygens (including phenoxy) is 2. The molecule has 154 valence electrons. The monoisotopic (exact) mass is 407 g/mol. The molecule has 5 nitrogen and oxygen atoms in total. The van der Waals surface area contributed by atoms with Crippen LogP contribution in [-0.2, 0) is 20.8 Å². The van der Waals surface area contributed by atoms with Gasteiger partial charge < -0.3 is 14.0 Å². The Bertz CT molecular complexity index is 785. The number of alkyl halides is 1. The molecule has 0 aliphatic heterocycles. The zero-order chi connectivity index (χ0) is 20.1. The minimum atomic E-state index is -0.471. The van der Waals surface area contributed by atoms with Crippen molar-refractivity contribution in [3.05, 3.63) is 23.0 Å². The van der Waals surface area contributed by atoms with E-state index in [1.807, 2.05) is 19.9 Å². The molecule has 6 heteroatoms. The first-order valence-corrected chi connectivity index (χ1v) is 10.7. The van der Waals surface area contributed by atoms with Crippen molar-refractivity contribution in [2.75, 3.05) is 20.3 Å². The van der Waals surface area contributed by atoms with Crippen LogP contribution in [0, 0.1) is 31.1 Å². The van der Waals surface area contributed by atoms with Crippen LogP contribution < -0.4 is 0 Å². The minimum Gasteiger partial charge on any atom is -0.457 e. The van der Waals surface area contributed by atoms with E-state index in [1.165, 1.54) is 6.42 Å². The molecule has 2 unspecified atom stereocenters. The number of Topliss-reactive ketones (excluding diaryl/α,β-unsaturated/α-hetero) is 1. The maximum Gasteiger partial charge on any atom is 0.312 e. The fourth-order valence-corrected chi connectivity index (χ4v) is 7.05. The lowest BCUT2D eigenvalue weighted by Gasteiger charge is -2.58. The van der Waals surface area contributed by atoms with Gasteiger partial charge in [0.1, 0.15) is 0 Å². The number of hydrogen-bond donors (Lipinski definition) is 0. The first-order chi connectivity index (χ1) is 13.3. The van der Waals surface area contributed by atoms with Crippen LogP contribution in [0.25, 0.3) is 0 Å². The van der Waals surface area contributed by atoms with Crippen LogP contribution in [0.5, 0.6) is 0 Å². The van der Waals surface area contributed by atoms with E-state index in [9.17, 15) is 9.59 Å². The third-order valence-electron chi connectivity index (χ3n) is 7.15. The third-order valence-corrected chi connectivity index (χ3v) is 7.59. The molecule has 4 bridgehead atoms. The van der Waals surface area contributed by atoms with E-state index in [0.29, 0.717) is 37.0 Å². The Labute approximate surface area is 171 Å². The highest BCUT2D eigenvalue weighted by molar-refractivity contribution is 6.24. The SMILES string of the molecule is COCCn1c(C)cc(C(=O)COC(=O)C23C[C@@H]4C[C@@H](CC(Cl)(C4)C2)C3)c1C. The van der Waals surface area contributed by atoms with Crippen LogP contribution in [0.2, 0.25) is 0 Å². The van der Waals surface area contributed by atoms with Crippen molar-refractivity contribution in [1.29, 1.82) is 0 Å². The predicted molar refractivity (Wildman–Crippen MR) is 107 cm³/mol. The summed E-state index contributed by atoms with van der Waals surface area (Å²) in [6.45, 7) is 4.99. The normalized spacial score (nSPS) is 33.3. The Morgan fingerprint density at radius 2 is 1.89 bits per heavy atom. The Kier molecular flexibility index (Phi) is 5.11. The number of carbonyl (C=O) groups excluding carboxylic acids is 2. The molecule has 0 N–H and O–H groups in total. The second-order valence-electron chi connectivity index (χ2n) is 9.32. The minimum absolute atomic E-state index is 0.143. The lowest BCUT2D eigenvalue weighted by atomic mass is 9.49. The molecule has 1 heterocycles. The lowest BCUT2D eigenvalue weighted by Crippen LogP contribution is -2.56. The average molecular weight is 408 g/mol. The zero-order valence-corrected chi connectivity index (χ0v) is 17.8. The number of rotatable bonds is 7. The second kappa shape index (κ2) is 7.17. The van der Waals surface area contributed by atoms with Crippen molar-refractivity contribution >= 4 is 23.4 Å². The molecule has 5 rings (SSSR count). The number of hydrogen-bond acceptors (Lipinski definition) is 4. The van der Waals surface area contributed by atoms with Gasteiger partial charge in [0.25, 0.3) is 0 Å². The molecule has 0 radical (unpaired) electrons. The summed E-state index contributed by atoms with van der Waals surface area (Å²) in [5.41, 5.74) is 2.06. The average Bonchev–Trinajstić information content (AvgIpc) is 2.89. The van der Waals surface area contributed by atoms with Gasteiger partial charge in [-0.05, 0) is 70.3 Å². The van der Waals surface area contributed by atoms with Gasteiger partial charge in [-0.25, -0.2) is 0 Å². The largest absolute Gasteiger partial charge is 0.457 e. The van der Waals surface area contributed by atoms with Crippen LogP contribution in [0.15, 0.2) is 6.07 Å². The van der Waals surface area contributed by atoms with Gasteiger partial charge in [0.15, 0.2) is 6.61 Å². The fraction of sp³-hybridized carbons (Fsp3) is 0.727. The van der Waals surface area contributed by atoms with E-state index in [1.54, 1.807) is 7.11 Å². The lowest BCUT2D eigenvalue weighted by molar-refractivity contribution is -0.168. The molecule has 4 aliphatic carbocycles. The van der Waals surface area contributed by atoms with Crippen molar-refractivity contribution in [2.45, 2.75) is 63.8 Å². The highest BCUT2D eigenvalue weighted by Crippen LogP contribution is 2.64. The number of carbonyl (C=O) groups is 2. The third kappa shape index (κ3) is 3.41. The van der Waals surface area contributed by atoms with Gasteiger partial charge in [0.05, 0.1) is 12.0 Å². The van der Waals surface area contributed by atoms with E-state index in [2.05, 4.69) is 4.57 Å². The number of aromatic nitrogens is 1. The second-order valence-corrected chi connectivity index (χ2v) is 10.1. The molecule has 1 aromatic heterocycles. The Morgan fingerprint density at radius 3 is 2.50 bits per heavy atom. The number of methoxy groups -OCH3 is 1. The standard InChI is InChI=1S/C22H30ClNO4/c1-14-6-18(15(2)24(14)4-5-27-3)19(25)12-28-20(26)21-8-16-7-17(9-21)11-22(23,10-16)13-21/h6,16-17H,4-5,7-13H2,1-3H3/t16-,17+,21?,22?. The summed E-state index contributed by atoms with van der Waals surface area (Å²) in [4.78, 5) is 25.5. The molecule has 28 heavy (non-hydrogen) atoms.